The molecule has 0 aromatic rings. The fraction of sp³-hybridized carbons (Fsp3) is 0.667. The molecule has 0 spiro atoms. The van der Waals surface area contributed by atoms with Crippen molar-refractivity contribution >= 4 is 54.0 Å². The highest BCUT2D eigenvalue weighted by Gasteiger charge is 1.35. The lowest BCUT2D eigenvalue weighted by molar-refractivity contribution is 1.09. The van der Waals surface area contributed by atoms with Crippen molar-refractivity contribution in [3.05, 3.63) is 12.7 Å². The minimum absolute atomic E-state index is 0. The highest BCUT2D eigenvalue weighted by atomic mass is 32.1. The van der Waals surface area contributed by atoms with E-state index in [1.54, 1.807) is 6.08 Å². The van der Waals surface area contributed by atoms with Crippen LogP contribution in [0.25, 0.3) is 0 Å². The lowest BCUT2D eigenvalue weighted by Crippen LogP contribution is -1.27. The topological polar surface area (TPSA) is 0 Å². The van der Waals surface area contributed by atoms with Gasteiger partial charge in [-0.3, -0.25) is 0 Å². The monoisotopic (exact) mass is 222 g/mol. The molecule has 0 amide bonds. The average molecular weight is 223 g/mol. The van der Waals surface area contributed by atoms with Crippen molar-refractivity contribution in [2.45, 2.75) is 27.2 Å². The van der Waals surface area contributed by atoms with E-state index in [4.69, 9.17) is 0 Å². The predicted molar refractivity (Wildman–Crippen MR) is 73.4 cm³/mol. The molecule has 0 unspecified atom stereocenters. The summed E-state index contributed by atoms with van der Waals surface area (Å²) in [5, 5.41) is 0. The molecule has 0 aliphatic rings. The molecule has 0 nitrogen and oxygen atoms in total. The zero-order chi connectivity index (χ0) is 5.41. The van der Waals surface area contributed by atoms with E-state index in [0.29, 0.717) is 0 Å². The first-order chi connectivity index (χ1) is 2.83. The van der Waals surface area contributed by atoms with Gasteiger partial charge in [-0.25, -0.2) is 0 Å². The molecule has 0 radical (unpaired) electrons. The molecule has 4 heteroatoms. The molecule has 0 N–H and O–H groups in total. The van der Waals surface area contributed by atoms with Gasteiger partial charge in [-0.2, -0.15) is 54.0 Å². The van der Waals surface area contributed by atoms with Gasteiger partial charge in [-0.1, -0.05) is 26.3 Å². The molecular formula is C6H22S4. The molecule has 70 valence electrons. The van der Waals surface area contributed by atoms with Gasteiger partial charge in [0.05, 0.1) is 0 Å². The summed E-state index contributed by atoms with van der Waals surface area (Å²) >= 11 is 0. The maximum Gasteiger partial charge on any atom is -0.0473 e. The standard InChI is InChI=1S/C3H8.C3H6.4H2S/c2*1-3-2;;;;/h3H2,1-2H3;3H,1H2,2H3;4*1H2. The van der Waals surface area contributed by atoms with Crippen molar-refractivity contribution in [2.24, 2.45) is 0 Å². The summed E-state index contributed by atoms with van der Waals surface area (Å²) in [6, 6.07) is 0. The lowest BCUT2D eigenvalue weighted by atomic mass is 10.6. The van der Waals surface area contributed by atoms with Crippen LogP contribution >= 0.6 is 54.0 Å². The second-order valence-corrected chi connectivity index (χ2v) is 1.12. The van der Waals surface area contributed by atoms with Crippen LogP contribution in [0.5, 0.6) is 0 Å². The van der Waals surface area contributed by atoms with Gasteiger partial charge in [0.2, 0.25) is 0 Å². The van der Waals surface area contributed by atoms with Gasteiger partial charge in [0, 0.05) is 0 Å². The maximum atomic E-state index is 3.36. The van der Waals surface area contributed by atoms with Gasteiger partial charge in [0.15, 0.2) is 0 Å². The fourth-order valence-electron chi connectivity index (χ4n) is 0. The summed E-state index contributed by atoms with van der Waals surface area (Å²) in [4.78, 5) is 0. The van der Waals surface area contributed by atoms with Gasteiger partial charge < -0.3 is 0 Å². The third-order valence-electron chi connectivity index (χ3n) is 0. The van der Waals surface area contributed by atoms with Gasteiger partial charge in [0.1, 0.15) is 0 Å². The van der Waals surface area contributed by atoms with Gasteiger partial charge in [-0.15, -0.1) is 6.58 Å². The van der Waals surface area contributed by atoms with Gasteiger partial charge in [-0.05, 0) is 6.92 Å². The van der Waals surface area contributed by atoms with Gasteiger partial charge in [0.25, 0.3) is 0 Å². The predicted octanol–water partition coefficient (Wildman–Crippen LogP) is 3.06. The van der Waals surface area contributed by atoms with E-state index in [1.165, 1.54) is 6.42 Å². The quantitative estimate of drug-likeness (QED) is 0.553. The van der Waals surface area contributed by atoms with Crippen molar-refractivity contribution in [2.75, 3.05) is 0 Å². The second kappa shape index (κ2) is 85.9. The molecule has 0 aromatic carbocycles. The van der Waals surface area contributed by atoms with Crippen molar-refractivity contribution in [3.8, 4) is 0 Å². The molecule has 0 heterocycles. The molecule has 0 fully saturated rings. The summed E-state index contributed by atoms with van der Waals surface area (Å²) in [5.41, 5.74) is 0. The molecule has 10 heavy (non-hydrogen) atoms. The Kier molecular flexibility index (Phi) is 372. The zero-order valence-electron chi connectivity index (χ0n) is 6.99. The number of allylic oxidation sites excluding steroid dienone is 1. The molecule has 0 saturated carbocycles. The summed E-state index contributed by atoms with van der Waals surface area (Å²) in [6.45, 7) is 9.50. The summed E-state index contributed by atoms with van der Waals surface area (Å²) in [7, 11) is 0. The van der Waals surface area contributed by atoms with E-state index < -0.39 is 0 Å². The summed E-state index contributed by atoms with van der Waals surface area (Å²) in [5.74, 6) is 0. The number of rotatable bonds is 0. The fourth-order valence-corrected chi connectivity index (χ4v) is 0. The average Bonchev–Trinajstić information content (AvgIpc) is 1.39. The van der Waals surface area contributed by atoms with E-state index in [2.05, 4.69) is 20.4 Å². The molecule has 0 bridgehead atoms. The van der Waals surface area contributed by atoms with Crippen molar-refractivity contribution in [3.63, 3.8) is 0 Å². The number of hydrogen-bond acceptors (Lipinski definition) is 0. The van der Waals surface area contributed by atoms with Crippen LogP contribution in [0.4, 0.5) is 0 Å². The smallest absolute Gasteiger partial charge is 0.0473 e. The molecular weight excluding hydrogens is 200 g/mol. The Bertz CT molecular complexity index is 23.7. The summed E-state index contributed by atoms with van der Waals surface area (Å²) in [6.07, 6.45) is 3.00. The Labute approximate surface area is 93.7 Å². The summed E-state index contributed by atoms with van der Waals surface area (Å²) < 4.78 is 0. The molecule has 0 saturated heterocycles. The van der Waals surface area contributed by atoms with Crippen molar-refractivity contribution in [1.82, 2.24) is 0 Å². The Morgan fingerprint density at radius 2 is 1.00 bits per heavy atom. The van der Waals surface area contributed by atoms with Crippen LogP contribution in [-0.2, 0) is 0 Å². The van der Waals surface area contributed by atoms with Crippen LogP contribution in [0, 0.1) is 0 Å². The van der Waals surface area contributed by atoms with Crippen LogP contribution in [0.15, 0.2) is 12.7 Å². The number of hydrogen-bond donors (Lipinski definition) is 0. The highest BCUT2D eigenvalue weighted by molar-refractivity contribution is 7.59. The first-order valence-corrected chi connectivity index (χ1v) is 2.40. The largest absolute Gasteiger partial charge is 0.197 e. The minimum atomic E-state index is 0. The van der Waals surface area contributed by atoms with Crippen LogP contribution in [0.1, 0.15) is 27.2 Å². The third kappa shape index (κ3) is 466. The normalized spacial score (nSPS) is 3.10. The van der Waals surface area contributed by atoms with Crippen LogP contribution in [0.3, 0.4) is 0 Å². The van der Waals surface area contributed by atoms with Gasteiger partial charge >= 0.3 is 0 Å². The van der Waals surface area contributed by atoms with E-state index in [9.17, 15) is 0 Å². The lowest BCUT2D eigenvalue weighted by Gasteiger charge is -1.48. The Morgan fingerprint density at radius 1 is 1.00 bits per heavy atom. The van der Waals surface area contributed by atoms with E-state index in [-0.39, 0.29) is 54.0 Å². The molecule has 0 aliphatic carbocycles. The minimum Gasteiger partial charge on any atom is -0.197 e. The second-order valence-electron chi connectivity index (χ2n) is 1.12. The zero-order valence-corrected chi connectivity index (χ0v) is 11.0. The SMILES string of the molecule is C=CC.CCC.S.S.S.S. The van der Waals surface area contributed by atoms with E-state index in [1.807, 2.05) is 6.92 Å². The van der Waals surface area contributed by atoms with E-state index in [0.717, 1.165) is 0 Å². The molecule has 0 rings (SSSR count). The molecule has 0 aromatic heterocycles. The maximum absolute atomic E-state index is 3.36. The Morgan fingerprint density at radius 3 is 1.00 bits per heavy atom. The van der Waals surface area contributed by atoms with Crippen LogP contribution in [-0.4, -0.2) is 0 Å². The third-order valence-corrected chi connectivity index (χ3v) is 0. The first-order valence-electron chi connectivity index (χ1n) is 2.40. The molecule has 0 aliphatic heterocycles. The van der Waals surface area contributed by atoms with Crippen LogP contribution in [0.2, 0.25) is 0 Å². The van der Waals surface area contributed by atoms with Crippen molar-refractivity contribution in [1.29, 1.82) is 0 Å². The van der Waals surface area contributed by atoms with E-state index >= 15 is 0 Å². The Hall–Kier alpha value is 1.14. The Balaban J connectivity index is -0.00000000571. The highest BCUT2D eigenvalue weighted by Crippen LogP contribution is 1.56. The molecule has 0 atom stereocenters. The first kappa shape index (κ1) is 43.4. The van der Waals surface area contributed by atoms with Crippen LogP contribution < -0.4 is 0 Å². The van der Waals surface area contributed by atoms with Crippen molar-refractivity contribution < 1.29 is 0 Å².